The van der Waals surface area contributed by atoms with Crippen LogP contribution in [0.3, 0.4) is 0 Å². The van der Waals surface area contributed by atoms with Crippen molar-refractivity contribution >= 4 is 11.9 Å². The molecule has 0 aliphatic heterocycles. The summed E-state index contributed by atoms with van der Waals surface area (Å²) in [7, 11) is 0. The van der Waals surface area contributed by atoms with Crippen molar-refractivity contribution in [1.82, 2.24) is 34.7 Å². The molecule has 3 rings (SSSR count). The Bertz CT molecular complexity index is 680. The lowest BCUT2D eigenvalue weighted by molar-refractivity contribution is 0.797. The first-order chi connectivity index (χ1) is 9.81. The Labute approximate surface area is 114 Å². The minimum atomic E-state index is 0.114. The van der Waals surface area contributed by atoms with Gasteiger partial charge in [-0.2, -0.15) is 24.7 Å². The van der Waals surface area contributed by atoms with Gasteiger partial charge >= 0.3 is 0 Å². The molecule has 0 radical (unpaired) electrons. The number of nitrogens with two attached hydrogens (primary N) is 1. The van der Waals surface area contributed by atoms with Crippen LogP contribution in [0.4, 0.5) is 11.9 Å². The van der Waals surface area contributed by atoms with Gasteiger partial charge in [-0.3, -0.25) is 4.98 Å². The molecular weight excluding hydrogens is 258 g/mol. The Morgan fingerprint density at radius 2 is 1.95 bits per heavy atom. The van der Waals surface area contributed by atoms with Crippen LogP contribution in [0.5, 0.6) is 0 Å². The number of pyridine rings is 1. The van der Waals surface area contributed by atoms with Crippen LogP contribution in [0, 0.1) is 0 Å². The van der Waals surface area contributed by atoms with Gasteiger partial charge in [0.25, 0.3) is 5.95 Å². The van der Waals surface area contributed by atoms with E-state index in [0.717, 1.165) is 5.56 Å². The molecule has 3 aromatic rings. The SMILES string of the molecule is Nc1nc(NCc2ccncc2)nc(-n2cncn2)n1. The topological polar surface area (TPSA) is 120 Å². The van der Waals surface area contributed by atoms with Crippen LogP contribution in [0.1, 0.15) is 5.56 Å². The fourth-order valence-electron chi connectivity index (χ4n) is 1.56. The zero-order valence-corrected chi connectivity index (χ0v) is 10.4. The minimum Gasteiger partial charge on any atom is -0.368 e. The number of nitrogens with one attached hydrogen (secondary N) is 1. The molecule has 0 aliphatic rings. The van der Waals surface area contributed by atoms with Gasteiger partial charge in [-0.1, -0.05) is 0 Å². The van der Waals surface area contributed by atoms with Gasteiger partial charge in [0.2, 0.25) is 11.9 Å². The number of hydrogen-bond acceptors (Lipinski definition) is 8. The molecule has 0 spiro atoms. The number of anilines is 2. The van der Waals surface area contributed by atoms with Crippen LogP contribution in [-0.4, -0.2) is 34.7 Å². The van der Waals surface area contributed by atoms with Gasteiger partial charge in [-0.15, -0.1) is 0 Å². The Hall–Kier alpha value is -3.10. The molecule has 0 atom stereocenters. The summed E-state index contributed by atoms with van der Waals surface area (Å²) in [5.74, 6) is 0.801. The van der Waals surface area contributed by atoms with Gasteiger partial charge in [0.05, 0.1) is 0 Å². The zero-order chi connectivity index (χ0) is 13.8. The molecule has 0 aliphatic carbocycles. The van der Waals surface area contributed by atoms with Crippen LogP contribution in [0.25, 0.3) is 5.95 Å². The molecule has 0 saturated carbocycles. The van der Waals surface area contributed by atoms with Gasteiger partial charge in [-0.05, 0) is 17.7 Å². The molecule has 0 bridgehead atoms. The second-order valence-corrected chi connectivity index (χ2v) is 3.87. The lowest BCUT2D eigenvalue weighted by Gasteiger charge is -2.06. The lowest BCUT2D eigenvalue weighted by atomic mass is 10.3. The van der Waals surface area contributed by atoms with Crippen LogP contribution in [0.2, 0.25) is 0 Å². The first-order valence-electron chi connectivity index (χ1n) is 5.80. The molecule has 0 aromatic carbocycles. The van der Waals surface area contributed by atoms with Gasteiger partial charge in [0.1, 0.15) is 12.7 Å². The van der Waals surface area contributed by atoms with Crippen molar-refractivity contribution in [3.05, 3.63) is 42.7 Å². The number of nitrogen functional groups attached to an aromatic ring is 1. The Balaban J connectivity index is 1.80. The van der Waals surface area contributed by atoms with Gasteiger partial charge < -0.3 is 11.1 Å². The van der Waals surface area contributed by atoms with E-state index in [-0.39, 0.29) is 5.95 Å². The average molecular weight is 269 g/mol. The molecular formula is C11H11N9. The summed E-state index contributed by atoms with van der Waals surface area (Å²) in [6, 6.07) is 3.80. The second-order valence-electron chi connectivity index (χ2n) is 3.87. The van der Waals surface area contributed by atoms with E-state index in [1.54, 1.807) is 12.4 Å². The third-order valence-corrected chi connectivity index (χ3v) is 2.46. The lowest BCUT2D eigenvalue weighted by Crippen LogP contribution is -2.11. The van der Waals surface area contributed by atoms with E-state index in [9.17, 15) is 0 Å². The smallest absolute Gasteiger partial charge is 0.258 e. The Morgan fingerprint density at radius 3 is 2.70 bits per heavy atom. The molecule has 3 N–H and O–H groups in total. The maximum Gasteiger partial charge on any atom is 0.258 e. The fraction of sp³-hybridized carbons (Fsp3) is 0.0909. The number of aromatic nitrogens is 7. The van der Waals surface area contributed by atoms with Crippen molar-refractivity contribution in [1.29, 1.82) is 0 Å². The number of hydrogen-bond donors (Lipinski definition) is 2. The van der Waals surface area contributed by atoms with E-state index in [1.165, 1.54) is 17.3 Å². The monoisotopic (exact) mass is 269 g/mol. The van der Waals surface area contributed by atoms with Gasteiger partial charge in [0.15, 0.2) is 0 Å². The molecule has 9 nitrogen and oxygen atoms in total. The molecule has 0 amide bonds. The highest BCUT2D eigenvalue weighted by atomic mass is 15.4. The van der Waals surface area contributed by atoms with E-state index < -0.39 is 0 Å². The maximum absolute atomic E-state index is 5.66. The first-order valence-corrected chi connectivity index (χ1v) is 5.80. The third-order valence-electron chi connectivity index (χ3n) is 2.46. The summed E-state index contributed by atoms with van der Waals surface area (Å²) in [6.07, 6.45) is 6.32. The molecule has 20 heavy (non-hydrogen) atoms. The highest BCUT2D eigenvalue weighted by molar-refractivity contribution is 5.35. The molecule has 3 heterocycles. The molecule has 3 aromatic heterocycles. The minimum absolute atomic E-state index is 0.114. The summed E-state index contributed by atoms with van der Waals surface area (Å²) >= 11 is 0. The van der Waals surface area contributed by atoms with Crippen molar-refractivity contribution in [2.24, 2.45) is 0 Å². The van der Waals surface area contributed by atoms with Crippen LogP contribution in [-0.2, 0) is 6.54 Å². The standard InChI is InChI=1S/C11H11N9/c12-9-17-10(15-5-8-1-3-13-4-2-8)19-11(18-9)20-7-14-6-16-20/h1-4,6-7H,5H2,(H3,12,15,17,18,19). The van der Waals surface area contributed by atoms with Gasteiger partial charge in [-0.25, -0.2) is 4.98 Å². The number of nitrogens with zero attached hydrogens (tertiary/aromatic N) is 7. The molecule has 0 saturated heterocycles. The van der Waals surface area contributed by atoms with Crippen molar-refractivity contribution in [3.8, 4) is 5.95 Å². The predicted octanol–water partition coefficient (Wildman–Crippen LogP) is 0.0416. The van der Waals surface area contributed by atoms with E-state index >= 15 is 0 Å². The van der Waals surface area contributed by atoms with E-state index in [1.807, 2.05) is 12.1 Å². The van der Waals surface area contributed by atoms with Crippen molar-refractivity contribution in [3.63, 3.8) is 0 Å². The van der Waals surface area contributed by atoms with Crippen molar-refractivity contribution in [2.75, 3.05) is 11.1 Å². The summed E-state index contributed by atoms with van der Waals surface area (Å²) in [5, 5.41) is 7.02. The first kappa shape index (κ1) is 12.0. The van der Waals surface area contributed by atoms with Crippen molar-refractivity contribution in [2.45, 2.75) is 6.54 Å². The van der Waals surface area contributed by atoms with E-state index in [0.29, 0.717) is 18.4 Å². The normalized spacial score (nSPS) is 10.4. The summed E-state index contributed by atoms with van der Waals surface area (Å²) in [4.78, 5) is 20.0. The van der Waals surface area contributed by atoms with E-state index in [2.05, 4.69) is 35.3 Å². The maximum atomic E-state index is 5.66. The number of rotatable bonds is 4. The Kier molecular flexibility index (Phi) is 3.15. The molecule has 9 heteroatoms. The molecule has 100 valence electrons. The molecule has 0 unspecified atom stereocenters. The third kappa shape index (κ3) is 2.66. The van der Waals surface area contributed by atoms with Crippen molar-refractivity contribution < 1.29 is 0 Å². The fourth-order valence-corrected chi connectivity index (χ4v) is 1.56. The average Bonchev–Trinajstić information content (AvgIpc) is 3.00. The summed E-state index contributed by atoms with van der Waals surface area (Å²) in [5.41, 5.74) is 6.72. The largest absolute Gasteiger partial charge is 0.368 e. The highest BCUT2D eigenvalue weighted by Crippen LogP contribution is 2.07. The predicted molar refractivity (Wildman–Crippen MR) is 70.7 cm³/mol. The van der Waals surface area contributed by atoms with Gasteiger partial charge in [0, 0.05) is 18.9 Å². The summed E-state index contributed by atoms with van der Waals surface area (Å²) < 4.78 is 1.41. The van der Waals surface area contributed by atoms with Crippen LogP contribution < -0.4 is 11.1 Å². The summed E-state index contributed by atoms with van der Waals surface area (Å²) in [6.45, 7) is 0.558. The molecule has 0 fully saturated rings. The second kappa shape index (κ2) is 5.26. The van der Waals surface area contributed by atoms with E-state index in [4.69, 9.17) is 5.73 Å². The zero-order valence-electron chi connectivity index (χ0n) is 10.4. The van der Waals surface area contributed by atoms with Crippen LogP contribution >= 0.6 is 0 Å². The van der Waals surface area contributed by atoms with Crippen LogP contribution in [0.15, 0.2) is 37.2 Å². The highest BCUT2D eigenvalue weighted by Gasteiger charge is 2.06. The quantitative estimate of drug-likeness (QED) is 0.681. The Morgan fingerprint density at radius 1 is 1.10 bits per heavy atom.